The number of hydrogen-bond acceptors (Lipinski definition) is 2. The van der Waals surface area contributed by atoms with Gasteiger partial charge in [-0.15, -0.1) is 0 Å². The van der Waals surface area contributed by atoms with Gasteiger partial charge in [-0.05, 0) is 78.3 Å². The van der Waals surface area contributed by atoms with Crippen LogP contribution < -0.4 is 5.32 Å². The van der Waals surface area contributed by atoms with Crippen molar-refractivity contribution in [3.8, 4) is 0 Å². The van der Waals surface area contributed by atoms with Crippen molar-refractivity contribution in [1.82, 2.24) is 10.2 Å². The Hall–Kier alpha value is -0.0800. The summed E-state index contributed by atoms with van der Waals surface area (Å²) in [6.45, 7) is 10.7. The maximum atomic E-state index is 3.57. The monoisotopic (exact) mass is 266 g/mol. The van der Waals surface area contributed by atoms with Gasteiger partial charge in [0.05, 0.1) is 0 Å². The highest BCUT2D eigenvalue weighted by atomic mass is 15.2. The van der Waals surface area contributed by atoms with Crippen LogP contribution in [-0.4, -0.2) is 36.1 Å². The molecule has 0 bridgehead atoms. The van der Waals surface area contributed by atoms with Crippen LogP contribution in [0, 0.1) is 5.92 Å². The van der Waals surface area contributed by atoms with E-state index < -0.39 is 0 Å². The number of rotatable bonds is 10. The van der Waals surface area contributed by atoms with Crippen molar-refractivity contribution < 1.29 is 0 Å². The fraction of sp³-hybridized carbons (Fsp3) is 1.00. The van der Waals surface area contributed by atoms with Gasteiger partial charge in [-0.2, -0.15) is 0 Å². The smallest absolute Gasteiger partial charge is 0.00965 e. The van der Waals surface area contributed by atoms with E-state index >= 15 is 0 Å². The van der Waals surface area contributed by atoms with Crippen LogP contribution in [0.3, 0.4) is 0 Å². The van der Waals surface area contributed by atoms with Crippen LogP contribution in [0.4, 0.5) is 0 Å². The molecule has 0 spiro atoms. The molecule has 112 valence electrons. The maximum absolute atomic E-state index is 3.57. The highest BCUT2D eigenvalue weighted by Gasteiger charge is 2.32. The summed E-state index contributed by atoms with van der Waals surface area (Å²) in [5.74, 6) is 1.07. The predicted octanol–water partition coefficient (Wildman–Crippen LogP) is 3.81. The standard InChI is InChI=1S/C17H34N2/c1-17(2,3)18-12-6-4-5-7-13-19(16-10-11-16)14-15-8-9-15/h15-16,18H,4-14H2,1-3H3. The van der Waals surface area contributed by atoms with Crippen molar-refractivity contribution in [3.05, 3.63) is 0 Å². The molecule has 0 radical (unpaired) electrons. The second kappa shape index (κ2) is 7.08. The first-order valence-electron chi connectivity index (χ1n) is 8.54. The molecule has 19 heavy (non-hydrogen) atoms. The zero-order valence-electron chi connectivity index (χ0n) is 13.4. The molecule has 2 aliphatic carbocycles. The van der Waals surface area contributed by atoms with Gasteiger partial charge in [0.15, 0.2) is 0 Å². The summed E-state index contributed by atoms with van der Waals surface area (Å²) in [7, 11) is 0. The van der Waals surface area contributed by atoms with Gasteiger partial charge in [-0.1, -0.05) is 12.8 Å². The molecule has 0 amide bonds. The van der Waals surface area contributed by atoms with Crippen molar-refractivity contribution in [2.75, 3.05) is 19.6 Å². The molecule has 0 saturated heterocycles. The van der Waals surface area contributed by atoms with Crippen molar-refractivity contribution in [2.45, 2.75) is 83.7 Å². The molecule has 2 fully saturated rings. The van der Waals surface area contributed by atoms with E-state index in [-0.39, 0.29) is 5.54 Å². The number of nitrogens with one attached hydrogen (secondary N) is 1. The molecule has 1 N–H and O–H groups in total. The minimum atomic E-state index is 0.285. The number of hydrogen-bond donors (Lipinski definition) is 1. The van der Waals surface area contributed by atoms with E-state index in [1.807, 2.05) is 0 Å². The minimum Gasteiger partial charge on any atom is -0.312 e. The summed E-state index contributed by atoms with van der Waals surface area (Å²) >= 11 is 0. The molecule has 2 aliphatic rings. The molecule has 0 atom stereocenters. The van der Waals surface area contributed by atoms with Crippen molar-refractivity contribution in [2.24, 2.45) is 5.92 Å². The summed E-state index contributed by atoms with van der Waals surface area (Å²) in [5, 5.41) is 3.57. The third-order valence-corrected chi connectivity index (χ3v) is 4.28. The van der Waals surface area contributed by atoms with Gasteiger partial charge in [-0.25, -0.2) is 0 Å². The van der Waals surface area contributed by atoms with Crippen molar-refractivity contribution in [3.63, 3.8) is 0 Å². The Kier molecular flexibility index (Phi) is 5.70. The molecule has 0 heterocycles. The molecule has 2 heteroatoms. The van der Waals surface area contributed by atoms with Crippen LogP contribution in [0.15, 0.2) is 0 Å². The van der Waals surface area contributed by atoms with E-state index in [0.717, 1.165) is 12.0 Å². The topological polar surface area (TPSA) is 15.3 Å². The van der Waals surface area contributed by atoms with Crippen molar-refractivity contribution in [1.29, 1.82) is 0 Å². The van der Waals surface area contributed by atoms with Crippen LogP contribution in [0.5, 0.6) is 0 Å². The first-order valence-corrected chi connectivity index (χ1v) is 8.54. The third kappa shape index (κ3) is 7.31. The summed E-state index contributed by atoms with van der Waals surface area (Å²) in [6, 6.07) is 0.975. The first-order chi connectivity index (χ1) is 9.04. The molecule has 0 aromatic rings. The van der Waals surface area contributed by atoms with Crippen LogP contribution in [0.2, 0.25) is 0 Å². The SMILES string of the molecule is CC(C)(C)NCCCCCCN(CC1CC1)C1CC1. The lowest BCUT2D eigenvalue weighted by atomic mass is 10.1. The molecule has 0 aromatic carbocycles. The maximum Gasteiger partial charge on any atom is 0.00965 e. The Labute approximate surface area is 120 Å². The van der Waals surface area contributed by atoms with E-state index in [1.54, 1.807) is 0 Å². The highest BCUT2D eigenvalue weighted by molar-refractivity contribution is 4.88. The molecule has 2 saturated carbocycles. The van der Waals surface area contributed by atoms with Crippen LogP contribution in [-0.2, 0) is 0 Å². The van der Waals surface area contributed by atoms with Crippen molar-refractivity contribution >= 4 is 0 Å². The second-order valence-electron chi connectivity index (χ2n) is 7.76. The van der Waals surface area contributed by atoms with E-state index in [2.05, 4.69) is 31.0 Å². The first kappa shape index (κ1) is 15.3. The zero-order valence-corrected chi connectivity index (χ0v) is 13.4. The molecule has 2 rings (SSSR count). The van der Waals surface area contributed by atoms with Gasteiger partial charge >= 0.3 is 0 Å². The lowest BCUT2D eigenvalue weighted by Gasteiger charge is -2.22. The summed E-state index contributed by atoms with van der Waals surface area (Å²) in [5.41, 5.74) is 0.285. The average molecular weight is 266 g/mol. The third-order valence-electron chi connectivity index (χ3n) is 4.28. The Balaban J connectivity index is 1.44. The van der Waals surface area contributed by atoms with Gasteiger partial charge < -0.3 is 10.2 Å². The lowest BCUT2D eigenvalue weighted by molar-refractivity contribution is 0.246. The lowest BCUT2D eigenvalue weighted by Crippen LogP contribution is -2.36. The Morgan fingerprint density at radius 3 is 2.21 bits per heavy atom. The molecule has 2 nitrogen and oxygen atoms in total. The van der Waals surface area contributed by atoms with Gasteiger partial charge in [-0.3, -0.25) is 0 Å². The van der Waals surface area contributed by atoms with Gasteiger partial charge in [0.1, 0.15) is 0 Å². The normalized spacial score (nSPS) is 20.2. The fourth-order valence-electron chi connectivity index (χ4n) is 2.75. The largest absolute Gasteiger partial charge is 0.312 e. The Bertz CT molecular complexity index is 248. The van der Waals surface area contributed by atoms with E-state index in [9.17, 15) is 0 Å². The molecule has 0 aliphatic heterocycles. The van der Waals surface area contributed by atoms with E-state index in [0.29, 0.717) is 0 Å². The fourth-order valence-corrected chi connectivity index (χ4v) is 2.75. The second-order valence-corrected chi connectivity index (χ2v) is 7.76. The Morgan fingerprint density at radius 2 is 1.63 bits per heavy atom. The van der Waals surface area contributed by atoms with E-state index in [1.165, 1.54) is 71.0 Å². The number of unbranched alkanes of at least 4 members (excludes halogenated alkanes) is 3. The summed E-state index contributed by atoms with van der Waals surface area (Å²) < 4.78 is 0. The van der Waals surface area contributed by atoms with E-state index in [4.69, 9.17) is 0 Å². The minimum absolute atomic E-state index is 0.285. The quantitative estimate of drug-likeness (QED) is 0.605. The molecule has 0 unspecified atom stereocenters. The average Bonchev–Trinajstić information content (AvgIpc) is 3.16. The molecular formula is C17H34N2. The predicted molar refractivity (Wildman–Crippen MR) is 83.5 cm³/mol. The summed E-state index contributed by atoms with van der Waals surface area (Å²) in [6.07, 6.45) is 11.5. The number of nitrogens with zero attached hydrogens (tertiary/aromatic N) is 1. The zero-order chi connectivity index (χ0) is 13.7. The highest BCUT2D eigenvalue weighted by Crippen LogP contribution is 2.34. The van der Waals surface area contributed by atoms with Gasteiger partial charge in [0.2, 0.25) is 0 Å². The summed E-state index contributed by atoms with van der Waals surface area (Å²) in [4.78, 5) is 2.80. The van der Waals surface area contributed by atoms with Crippen LogP contribution >= 0.6 is 0 Å². The van der Waals surface area contributed by atoms with Gasteiger partial charge in [0, 0.05) is 18.1 Å². The van der Waals surface area contributed by atoms with Crippen LogP contribution in [0.25, 0.3) is 0 Å². The molecular weight excluding hydrogens is 232 g/mol. The Morgan fingerprint density at radius 1 is 0.947 bits per heavy atom. The molecule has 0 aromatic heterocycles. The van der Waals surface area contributed by atoms with Gasteiger partial charge in [0.25, 0.3) is 0 Å². The van der Waals surface area contributed by atoms with Crippen LogP contribution in [0.1, 0.15) is 72.1 Å².